The van der Waals surface area contributed by atoms with Crippen LogP contribution in [0.2, 0.25) is 0 Å². The first kappa shape index (κ1) is 28.9. The Labute approximate surface area is 250 Å². The maximum absolute atomic E-state index is 13.2. The molecule has 1 saturated heterocycles. The van der Waals surface area contributed by atoms with Gasteiger partial charge >= 0.3 is 5.97 Å². The molecule has 1 aromatic carbocycles. The molecule has 226 valence electrons. The van der Waals surface area contributed by atoms with E-state index >= 15 is 0 Å². The Morgan fingerprint density at radius 3 is 2.70 bits per heavy atom. The molecule has 0 spiro atoms. The van der Waals surface area contributed by atoms with E-state index in [1.807, 2.05) is 23.1 Å². The number of esters is 1. The predicted molar refractivity (Wildman–Crippen MR) is 160 cm³/mol. The van der Waals surface area contributed by atoms with E-state index in [9.17, 15) is 19.6 Å². The van der Waals surface area contributed by atoms with Gasteiger partial charge < -0.3 is 24.7 Å². The summed E-state index contributed by atoms with van der Waals surface area (Å²) in [6.07, 6.45) is 7.31. The van der Waals surface area contributed by atoms with Crippen molar-refractivity contribution >= 4 is 34.3 Å². The molecule has 2 aromatic heterocycles. The number of ether oxygens (including phenoxy) is 2. The second kappa shape index (κ2) is 11.2. The van der Waals surface area contributed by atoms with Gasteiger partial charge in [-0.15, -0.1) is 0 Å². The predicted octanol–water partition coefficient (Wildman–Crippen LogP) is 4.89. The normalized spacial score (nSPS) is 22.8. The van der Waals surface area contributed by atoms with Crippen LogP contribution in [-0.4, -0.2) is 55.9 Å². The molecule has 2 atom stereocenters. The second-order valence-electron chi connectivity index (χ2n) is 13.0. The van der Waals surface area contributed by atoms with Crippen LogP contribution in [0.15, 0.2) is 35.3 Å². The first-order valence-corrected chi connectivity index (χ1v) is 15.1. The summed E-state index contributed by atoms with van der Waals surface area (Å²) in [5.74, 6) is -0.00350. The van der Waals surface area contributed by atoms with Gasteiger partial charge in [-0.1, -0.05) is 19.3 Å². The molecule has 1 aliphatic carbocycles. The highest BCUT2D eigenvalue weighted by Gasteiger charge is 2.43. The molecule has 4 heterocycles. The Balaban J connectivity index is 1.29. The summed E-state index contributed by atoms with van der Waals surface area (Å²) in [5, 5.41) is 18.3. The Kier molecular flexibility index (Phi) is 7.50. The summed E-state index contributed by atoms with van der Waals surface area (Å²) >= 11 is 0. The number of anilines is 2. The van der Waals surface area contributed by atoms with Crippen LogP contribution in [-0.2, 0) is 26.4 Å². The van der Waals surface area contributed by atoms with Gasteiger partial charge in [-0.3, -0.25) is 14.3 Å². The molecule has 2 N–H and O–H groups in total. The van der Waals surface area contributed by atoms with Crippen LogP contribution < -0.4 is 10.9 Å². The summed E-state index contributed by atoms with van der Waals surface area (Å²) in [6, 6.07) is 9.94. The molecule has 3 aromatic rings. The minimum absolute atomic E-state index is 0.0610. The minimum atomic E-state index is -0.885. The molecule has 11 heteroatoms. The monoisotopic (exact) mass is 586 g/mol. The number of fused-ring (bicyclic) bond motifs is 2. The lowest BCUT2D eigenvalue weighted by Gasteiger charge is -2.39. The largest absolute Gasteiger partial charge is 0.458 e. The van der Waals surface area contributed by atoms with Gasteiger partial charge in [-0.2, -0.15) is 10.4 Å². The first-order valence-electron chi connectivity index (χ1n) is 15.1. The minimum Gasteiger partial charge on any atom is -0.458 e. The number of benzene rings is 1. The van der Waals surface area contributed by atoms with E-state index in [2.05, 4.69) is 16.4 Å². The van der Waals surface area contributed by atoms with Crippen molar-refractivity contribution in [3.63, 3.8) is 0 Å². The number of amides is 1. The van der Waals surface area contributed by atoms with Crippen LogP contribution in [0.5, 0.6) is 0 Å². The Hall–Kier alpha value is -4.17. The van der Waals surface area contributed by atoms with Crippen molar-refractivity contribution in [1.29, 1.82) is 5.26 Å². The van der Waals surface area contributed by atoms with Crippen LogP contribution in [0, 0.1) is 11.3 Å². The number of hydrogen-bond acceptors (Lipinski definition) is 8. The van der Waals surface area contributed by atoms with E-state index in [0.717, 1.165) is 36.8 Å². The zero-order chi connectivity index (χ0) is 30.4. The molecule has 2 fully saturated rings. The van der Waals surface area contributed by atoms with Gasteiger partial charge in [-0.05, 0) is 76.3 Å². The van der Waals surface area contributed by atoms with Crippen molar-refractivity contribution in [2.75, 3.05) is 11.9 Å². The molecule has 1 saturated carbocycles. The van der Waals surface area contributed by atoms with E-state index < -0.39 is 23.2 Å². The van der Waals surface area contributed by atoms with E-state index in [1.54, 1.807) is 37.7 Å². The third-order valence-electron chi connectivity index (χ3n) is 8.77. The van der Waals surface area contributed by atoms with Crippen LogP contribution in [0.1, 0.15) is 88.1 Å². The number of aromatic nitrogens is 3. The van der Waals surface area contributed by atoms with Crippen LogP contribution >= 0.6 is 0 Å². The smallest absolute Gasteiger partial charge is 0.335 e. The van der Waals surface area contributed by atoms with Crippen molar-refractivity contribution in [2.45, 2.75) is 102 Å². The average molecular weight is 587 g/mol. The molecule has 0 bridgehead atoms. The van der Waals surface area contributed by atoms with Crippen molar-refractivity contribution < 1.29 is 19.1 Å². The molecule has 3 aliphatic rings. The zero-order valence-corrected chi connectivity index (χ0v) is 24.9. The highest BCUT2D eigenvalue weighted by atomic mass is 16.6. The van der Waals surface area contributed by atoms with E-state index in [0.29, 0.717) is 41.8 Å². The number of carbonyl (C=O) groups excluding carboxylic acids is 2. The number of nitrogens with zero attached hydrogens (tertiary/aromatic N) is 4. The van der Waals surface area contributed by atoms with Gasteiger partial charge in [0.15, 0.2) is 11.9 Å². The lowest BCUT2D eigenvalue weighted by Crippen LogP contribution is -2.47. The number of nitrogens with one attached hydrogen (secondary N) is 2. The molecule has 0 radical (unpaired) electrons. The SMILES string of the molecule is CC(C)(C)OC(=O)C1CCC(CC#N)(n2nc(Nc3ccc4c(c3)CN(C3CCCCC3)C4=O)c3c(=O)[nH]ccc32)CO1. The maximum Gasteiger partial charge on any atom is 0.335 e. The number of rotatable bonds is 6. The van der Waals surface area contributed by atoms with E-state index in [1.165, 1.54) is 6.42 Å². The molecule has 2 unspecified atom stereocenters. The molecule has 43 heavy (non-hydrogen) atoms. The number of pyridine rings is 1. The van der Waals surface area contributed by atoms with Crippen LogP contribution in [0.3, 0.4) is 0 Å². The maximum atomic E-state index is 13.2. The number of H-pyrrole nitrogens is 1. The van der Waals surface area contributed by atoms with Crippen molar-refractivity contribution in [1.82, 2.24) is 19.7 Å². The summed E-state index contributed by atoms with van der Waals surface area (Å²) < 4.78 is 13.2. The highest BCUT2D eigenvalue weighted by Crippen LogP contribution is 2.38. The molecule has 2 aliphatic heterocycles. The van der Waals surface area contributed by atoms with Crippen molar-refractivity contribution in [3.05, 3.63) is 51.9 Å². The topological polar surface area (TPSA) is 142 Å². The number of carbonyl (C=O) groups is 2. The van der Waals surface area contributed by atoms with Crippen LogP contribution in [0.25, 0.3) is 10.9 Å². The Bertz CT molecular complexity index is 1650. The van der Waals surface area contributed by atoms with Crippen LogP contribution in [0.4, 0.5) is 11.5 Å². The number of nitriles is 1. The summed E-state index contributed by atoms with van der Waals surface area (Å²) in [7, 11) is 0. The standard InChI is InChI=1S/C32H38N6O5/c1-31(2,3)43-30(41)25-11-13-32(14-15-33,19-42-25)38-24-12-16-34-28(39)26(24)27(36-38)35-21-9-10-23-20(17-21)18-37(29(23)40)22-7-5-4-6-8-22/h9-10,12,16-17,22,25H,4-8,11,13-14,18-19H2,1-3H3,(H,34,39)(H,35,36). The molecular weight excluding hydrogens is 548 g/mol. The van der Waals surface area contributed by atoms with E-state index in [4.69, 9.17) is 14.6 Å². The molecular formula is C32H38N6O5. The van der Waals surface area contributed by atoms with Gasteiger partial charge in [-0.25, -0.2) is 4.79 Å². The fourth-order valence-corrected chi connectivity index (χ4v) is 6.66. The summed E-state index contributed by atoms with van der Waals surface area (Å²) in [6.45, 7) is 6.06. The molecule has 1 amide bonds. The lowest BCUT2D eigenvalue weighted by molar-refractivity contribution is -0.176. The molecule has 11 nitrogen and oxygen atoms in total. The number of hydrogen-bond donors (Lipinski definition) is 2. The fraction of sp³-hybridized carbons (Fsp3) is 0.531. The quantitative estimate of drug-likeness (QED) is 0.389. The Morgan fingerprint density at radius 1 is 1.21 bits per heavy atom. The first-order chi connectivity index (χ1) is 20.6. The fourth-order valence-electron chi connectivity index (χ4n) is 6.66. The Morgan fingerprint density at radius 2 is 2.00 bits per heavy atom. The van der Waals surface area contributed by atoms with Gasteiger partial charge in [0, 0.05) is 30.0 Å². The second-order valence-corrected chi connectivity index (χ2v) is 13.0. The average Bonchev–Trinajstić information content (AvgIpc) is 3.51. The van der Waals surface area contributed by atoms with Crippen molar-refractivity contribution in [3.8, 4) is 6.07 Å². The highest BCUT2D eigenvalue weighted by molar-refractivity contribution is 5.99. The third-order valence-corrected chi connectivity index (χ3v) is 8.77. The van der Waals surface area contributed by atoms with Crippen molar-refractivity contribution in [2.24, 2.45) is 0 Å². The van der Waals surface area contributed by atoms with Gasteiger partial charge in [0.05, 0.1) is 30.2 Å². The van der Waals surface area contributed by atoms with E-state index in [-0.39, 0.29) is 30.5 Å². The van der Waals surface area contributed by atoms with Gasteiger partial charge in [0.1, 0.15) is 11.0 Å². The number of aromatic amines is 1. The molecule has 6 rings (SSSR count). The van der Waals surface area contributed by atoms with Gasteiger partial charge in [0.25, 0.3) is 11.5 Å². The lowest BCUT2D eigenvalue weighted by atomic mass is 9.87. The zero-order valence-electron chi connectivity index (χ0n) is 24.9. The summed E-state index contributed by atoms with van der Waals surface area (Å²) in [4.78, 5) is 43.7. The summed E-state index contributed by atoms with van der Waals surface area (Å²) in [5.41, 5.74) is 1.10. The third kappa shape index (κ3) is 5.52. The van der Waals surface area contributed by atoms with Gasteiger partial charge in [0.2, 0.25) is 0 Å².